The molecule has 0 aliphatic carbocycles. The summed E-state index contributed by atoms with van der Waals surface area (Å²) < 4.78 is 12.0. The summed E-state index contributed by atoms with van der Waals surface area (Å²) >= 11 is 0. The Bertz CT molecular complexity index is 4900. The number of aromatic nitrogens is 5. The summed E-state index contributed by atoms with van der Waals surface area (Å²) in [6.45, 7) is 0. The van der Waals surface area contributed by atoms with E-state index in [2.05, 4.69) is 234 Å². The average Bonchev–Trinajstić information content (AvgIpc) is 2.42. The number of para-hydroxylation sites is 3. The molecule has 0 fully saturated rings. The fourth-order valence-corrected chi connectivity index (χ4v) is 11.9. The van der Waals surface area contributed by atoms with E-state index in [9.17, 15) is 0 Å². The van der Waals surface area contributed by atoms with Gasteiger partial charge in [-0.25, -0.2) is 37.2 Å². The molecule has 6 nitrogen and oxygen atoms in total. The summed E-state index contributed by atoms with van der Waals surface area (Å²) in [7, 11) is 0. The van der Waals surface area contributed by atoms with Crippen molar-refractivity contribution in [3.8, 4) is 90.0 Å². The van der Waals surface area contributed by atoms with E-state index in [1.165, 1.54) is 5.39 Å². The molecule has 382 valence electrons. The first-order valence-electron chi connectivity index (χ1n) is 27.1. The minimum atomic E-state index is 0. The van der Waals surface area contributed by atoms with Crippen LogP contribution in [0, 0.1) is 86.5 Å². The minimum absolute atomic E-state index is 0. The summed E-state index contributed by atoms with van der Waals surface area (Å²) in [5.41, 5.74) is 18.6. The van der Waals surface area contributed by atoms with Crippen molar-refractivity contribution in [3.05, 3.63) is 285 Å². The molecule has 0 bridgehead atoms. The molecule has 8 heteroatoms. The van der Waals surface area contributed by atoms with Gasteiger partial charge in [-0.2, -0.15) is 72.8 Å². The minimum Gasteiger partial charge on any atom is -0.455 e. The van der Waals surface area contributed by atoms with Crippen molar-refractivity contribution >= 4 is 65.6 Å². The third-order valence-electron chi connectivity index (χ3n) is 15.6. The quantitative estimate of drug-likeness (QED) is 0.135. The van der Waals surface area contributed by atoms with Crippen LogP contribution in [0.15, 0.2) is 265 Å². The van der Waals surface area contributed by atoms with Crippen LogP contribution in [-0.4, -0.2) is 24.1 Å². The van der Waals surface area contributed by atoms with Crippen LogP contribution >= 0.6 is 0 Å². The van der Waals surface area contributed by atoms with Crippen molar-refractivity contribution in [1.82, 2.24) is 24.1 Å². The zero-order valence-corrected chi connectivity index (χ0v) is 52.8. The molecule has 4 heterocycles. The molecule has 0 aliphatic rings. The van der Waals surface area contributed by atoms with Crippen molar-refractivity contribution in [1.29, 1.82) is 0 Å². The van der Waals surface area contributed by atoms with Crippen molar-refractivity contribution in [3.63, 3.8) is 0 Å². The van der Waals surface area contributed by atoms with Crippen LogP contribution < -0.4 is 0 Å². The van der Waals surface area contributed by atoms with Crippen molar-refractivity contribution < 1.29 is 66.6 Å². The standard InChI is InChI=1S/C75H43N5O.2U/c1-6-20-48(21-7-1)50-34-38-54(39-35-50)73-76-74(55-40-36-51(37-41-55)49-22-8-2-9-23-49)78-75(77-73)56-44-61(52-24-10-3-11-25-52)71(62(45-56)53-26-12-4-13-27-53)80-66-33-19-17-31-60(66)70-67(80)43-42-59-64-46-68-63(47-69(64)81-72(59)70)58-30-16-18-32-65(58)79(68)57-28-14-5-15-29-57;;/h1-20,22,24-34,36,38-47H;;/q-4;2*+2. The zero-order chi connectivity index (χ0) is 53.4. The van der Waals surface area contributed by atoms with Crippen LogP contribution in [0.3, 0.4) is 0 Å². The second-order valence-electron chi connectivity index (χ2n) is 20.3. The molecular formula is C75H43N5OU2. The molecule has 16 rings (SSSR count). The maximum absolute atomic E-state index is 7.20. The van der Waals surface area contributed by atoms with Crippen molar-refractivity contribution in [2.24, 2.45) is 0 Å². The Morgan fingerprint density at radius 2 is 0.831 bits per heavy atom. The summed E-state index contributed by atoms with van der Waals surface area (Å²) in [6, 6.07) is 105. The number of hydrogen-bond acceptors (Lipinski definition) is 4. The zero-order valence-electron chi connectivity index (χ0n) is 44.5. The summed E-state index contributed by atoms with van der Waals surface area (Å²) in [6.07, 6.45) is 0. The predicted octanol–water partition coefficient (Wildman–Crippen LogP) is 18.8. The van der Waals surface area contributed by atoms with Gasteiger partial charge in [0.2, 0.25) is 0 Å². The molecule has 0 atom stereocenters. The largest absolute Gasteiger partial charge is 2.00 e. The molecule has 0 aliphatic heterocycles. The Kier molecular flexibility index (Phi) is 13.7. The number of rotatable bonds is 9. The SMILES string of the molecule is [U+2].[U+2].[c-]1ccccc1-c1[c-]cc(-c2nc(-c3c[c-]c(-c4[c-]cccc4)cc3)nc(-c3cc(-c4ccccc4)c(-n4c5ccccc5c5c6oc7cc8c9ccccc9n(-c9ccccc9)c8cc7c6ccc54)c(-c4ccccc4)c3)n2)cc1. The van der Waals surface area contributed by atoms with Crippen LogP contribution in [0.2, 0.25) is 0 Å². The third kappa shape index (κ3) is 9.06. The molecule has 0 unspecified atom stereocenters. The second kappa shape index (κ2) is 21.8. The van der Waals surface area contributed by atoms with Gasteiger partial charge >= 0.3 is 62.2 Å². The fraction of sp³-hybridized carbons (Fsp3) is 0. The first kappa shape index (κ1) is 52.2. The Balaban J connectivity index is 0.00000307. The van der Waals surface area contributed by atoms with Crippen LogP contribution in [0.1, 0.15) is 0 Å². The number of hydrogen-bond donors (Lipinski definition) is 0. The monoisotopic (exact) mass is 1510 g/mol. The van der Waals surface area contributed by atoms with Crippen LogP contribution in [0.25, 0.3) is 156 Å². The van der Waals surface area contributed by atoms with E-state index < -0.39 is 0 Å². The first-order chi connectivity index (χ1) is 40.2. The van der Waals surface area contributed by atoms with E-state index in [1.807, 2.05) is 60.7 Å². The van der Waals surface area contributed by atoms with Gasteiger partial charge in [-0.1, -0.05) is 126 Å². The molecule has 0 spiro atoms. The molecule has 12 aromatic carbocycles. The summed E-state index contributed by atoms with van der Waals surface area (Å²) in [5.74, 6) is 1.59. The summed E-state index contributed by atoms with van der Waals surface area (Å²) in [4.78, 5) is 15.9. The van der Waals surface area contributed by atoms with E-state index in [0.29, 0.717) is 17.5 Å². The van der Waals surface area contributed by atoms with Gasteiger partial charge < -0.3 is 13.6 Å². The van der Waals surface area contributed by atoms with Gasteiger partial charge in [-0.3, -0.25) is 0 Å². The Morgan fingerprint density at radius 3 is 1.39 bits per heavy atom. The smallest absolute Gasteiger partial charge is 0.455 e. The maximum atomic E-state index is 7.20. The van der Waals surface area contributed by atoms with E-state index >= 15 is 0 Å². The van der Waals surface area contributed by atoms with Crippen LogP contribution in [0.5, 0.6) is 0 Å². The van der Waals surface area contributed by atoms with Gasteiger partial charge in [0.05, 0.1) is 33.1 Å². The number of nitrogens with zero attached hydrogens (tertiary/aromatic N) is 5. The van der Waals surface area contributed by atoms with Gasteiger partial charge in [0.15, 0.2) is 5.82 Å². The van der Waals surface area contributed by atoms with Crippen LogP contribution in [0.4, 0.5) is 0 Å². The van der Waals surface area contributed by atoms with Gasteiger partial charge in [-0.15, -0.1) is 36.4 Å². The van der Waals surface area contributed by atoms with Gasteiger partial charge in [0, 0.05) is 49.3 Å². The van der Waals surface area contributed by atoms with Gasteiger partial charge in [0.25, 0.3) is 0 Å². The molecule has 0 amide bonds. The molecule has 0 saturated heterocycles. The Labute approximate surface area is 526 Å². The number of fused-ring (bicyclic) bond motifs is 10. The second-order valence-corrected chi connectivity index (χ2v) is 20.3. The number of furan rings is 1. The first-order valence-corrected chi connectivity index (χ1v) is 27.1. The molecule has 0 N–H and O–H groups in total. The van der Waals surface area contributed by atoms with Crippen molar-refractivity contribution in [2.75, 3.05) is 0 Å². The van der Waals surface area contributed by atoms with E-state index in [-0.39, 0.29) is 62.2 Å². The molecule has 4 aromatic heterocycles. The number of benzene rings is 12. The molecule has 83 heavy (non-hydrogen) atoms. The van der Waals surface area contributed by atoms with Gasteiger partial charge in [0.1, 0.15) is 22.8 Å². The molecule has 0 saturated carbocycles. The molecular weight excluding hydrogens is 1460 g/mol. The fourth-order valence-electron chi connectivity index (χ4n) is 11.9. The average molecular weight is 1510 g/mol. The van der Waals surface area contributed by atoms with E-state index in [4.69, 9.17) is 19.4 Å². The topological polar surface area (TPSA) is 61.7 Å². The summed E-state index contributed by atoms with van der Waals surface area (Å²) in [5, 5.41) is 6.60. The van der Waals surface area contributed by atoms with Gasteiger partial charge in [-0.05, 0) is 71.8 Å². The van der Waals surface area contributed by atoms with E-state index in [1.54, 1.807) is 0 Å². The van der Waals surface area contributed by atoms with E-state index in [0.717, 1.165) is 133 Å². The Morgan fingerprint density at radius 1 is 0.325 bits per heavy atom. The maximum Gasteiger partial charge on any atom is 2.00 e. The Hall–Kier alpha value is -8.85. The normalized spacial score (nSPS) is 11.4. The third-order valence-corrected chi connectivity index (χ3v) is 15.6. The molecule has 0 radical (unpaired) electrons. The predicted molar refractivity (Wildman–Crippen MR) is 329 cm³/mol. The molecule has 16 aromatic rings. The van der Waals surface area contributed by atoms with Crippen molar-refractivity contribution in [2.45, 2.75) is 0 Å². The van der Waals surface area contributed by atoms with Crippen LogP contribution in [-0.2, 0) is 0 Å².